The molecule has 2 N–H and O–H groups in total. The summed E-state index contributed by atoms with van der Waals surface area (Å²) in [6.45, 7) is 3.47. The predicted octanol–water partition coefficient (Wildman–Crippen LogP) is 2.08. The number of nitrogens with one attached hydrogen (secondary N) is 2. The van der Waals surface area contributed by atoms with E-state index in [-0.39, 0.29) is 6.04 Å². The van der Waals surface area contributed by atoms with Gasteiger partial charge in [0.25, 0.3) is 0 Å². The molecule has 0 atom stereocenters. The molecule has 1 aliphatic carbocycles. The van der Waals surface area contributed by atoms with Crippen molar-refractivity contribution in [3.05, 3.63) is 16.3 Å². The van der Waals surface area contributed by atoms with Crippen molar-refractivity contribution in [1.29, 1.82) is 0 Å². The number of hydrogen-bond donors (Lipinski definition) is 2. The third kappa shape index (κ3) is 3.32. The summed E-state index contributed by atoms with van der Waals surface area (Å²) in [6, 6.07) is 1.83. The number of sulfonamides is 1. The Bertz CT molecular complexity index is 476. The minimum atomic E-state index is -3.34. The van der Waals surface area contributed by atoms with Crippen LogP contribution < -0.4 is 10.0 Å². The quantitative estimate of drug-likeness (QED) is 0.842. The van der Waals surface area contributed by atoms with Crippen molar-refractivity contribution in [3.8, 4) is 0 Å². The molecule has 0 bridgehead atoms. The van der Waals surface area contributed by atoms with Gasteiger partial charge in [-0.15, -0.1) is 11.3 Å². The second-order valence-corrected chi connectivity index (χ2v) is 7.27. The Morgan fingerprint density at radius 1 is 1.39 bits per heavy atom. The molecule has 18 heavy (non-hydrogen) atoms. The predicted molar refractivity (Wildman–Crippen MR) is 74.3 cm³/mol. The van der Waals surface area contributed by atoms with Crippen LogP contribution in [0.1, 0.15) is 37.5 Å². The van der Waals surface area contributed by atoms with Gasteiger partial charge in [-0.1, -0.05) is 19.8 Å². The van der Waals surface area contributed by atoms with Crippen molar-refractivity contribution in [2.75, 3.05) is 6.54 Å². The fourth-order valence-electron chi connectivity index (χ4n) is 2.26. The Balaban J connectivity index is 2.10. The molecule has 1 heterocycles. The van der Waals surface area contributed by atoms with Gasteiger partial charge in [-0.05, 0) is 30.8 Å². The highest BCUT2D eigenvalue weighted by Gasteiger charge is 2.25. The summed E-state index contributed by atoms with van der Waals surface area (Å²) >= 11 is 1.49. The van der Waals surface area contributed by atoms with E-state index >= 15 is 0 Å². The van der Waals surface area contributed by atoms with E-state index in [1.165, 1.54) is 11.3 Å². The molecular formula is C12H20N2O2S2. The van der Waals surface area contributed by atoms with Gasteiger partial charge in [-0.3, -0.25) is 0 Å². The highest BCUT2D eigenvalue weighted by molar-refractivity contribution is 7.89. The van der Waals surface area contributed by atoms with Gasteiger partial charge < -0.3 is 5.32 Å². The van der Waals surface area contributed by atoms with Crippen LogP contribution in [0, 0.1) is 0 Å². The lowest BCUT2D eigenvalue weighted by Gasteiger charge is -2.13. The maximum absolute atomic E-state index is 12.3. The van der Waals surface area contributed by atoms with Crippen LogP contribution in [-0.4, -0.2) is 21.0 Å². The zero-order chi connectivity index (χ0) is 13.0. The molecule has 2 rings (SSSR count). The van der Waals surface area contributed by atoms with Crippen LogP contribution in [0.25, 0.3) is 0 Å². The van der Waals surface area contributed by atoms with E-state index in [0.29, 0.717) is 11.4 Å². The van der Waals surface area contributed by atoms with E-state index in [4.69, 9.17) is 0 Å². The van der Waals surface area contributed by atoms with Crippen LogP contribution in [0.4, 0.5) is 0 Å². The standard InChI is InChI=1S/C12H20N2O2S2/c1-2-13-9-11-12(7-8-17-11)18(15,16)14-10-5-3-4-6-10/h7-8,10,13-14H,2-6,9H2,1H3. The first kappa shape index (κ1) is 14.0. The summed E-state index contributed by atoms with van der Waals surface area (Å²) in [5, 5.41) is 5.02. The van der Waals surface area contributed by atoms with Crippen molar-refractivity contribution in [3.63, 3.8) is 0 Å². The number of hydrogen-bond acceptors (Lipinski definition) is 4. The van der Waals surface area contributed by atoms with Gasteiger partial charge in [0.1, 0.15) is 0 Å². The molecule has 0 aromatic carbocycles. The topological polar surface area (TPSA) is 58.2 Å². The lowest BCUT2D eigenvalue weighted by atomic mass is 10.3. The average molecular weight is 288 g/mol. The molecule has 4 nitrogen and oxygen atoms in total. The molecule has 1 aromatic heterocycles. The fraction of sp³-hybridized carbons (Fsp3) is 0.667. The van der Waals surface area contributed by atoms with Gasteiger partial charge >= 0.3 is 0 Å². The Labute approximate surface area is 113 Å². The molecule has 1 aromatic rings. The molecular weight excluding hydrogens is 268 g/mol. The molecule has 1 saturated carbocycles. The summed E-state index contributed by atoms with van der Waals surface area (Å²) in [7, 11) is -3.34. The van der Waals surface area contributed by atoms with Gasteiger partial charge in [0.05, 0.1) is 4.90 Å². The molecule has 0 amide bonds. The Morgan fingerprint density at radius 2 is 2.11 bits per heavy atom. The molecule has 102 valence electrons. The van der Waals surface area contributed by atoms with Crippen LogP contribution in [0.3, 0.4) is 0 Å². The third-order valence-electron chi connectivity index (χ3n) is 3.21. The van der Waals surface area contributed by atoms with E-state index in [0.717, 1.165) is 37.1 Å². The summed E-state index contributed by atoms with van der Waals surface area (Å²) in [5.41, 5.74) is 0. The van der Waals surface area contributed by atoms with Gasteiger partial charge in [-0.2, -0.15) is 0 Å². The maximum Gasteiger partial charge on any atom is 0.241 e. The smallest absolute Gasteiger partial charge is 0.241 e. The van der Waals surface area contributed by atoms with Gasteiger partial charge in [0.2, 0.25) is 10.0 Å². The number of rotatable bonds is 6. The van der Waals surface area contributed by atoms with E-state index < -0.39 is 10.0 Å². The molecule has 0 saturated heterocycles. The monoisotopic (exact) mass is 288 g/mol. The Hall–Kier alpha value is -0.430. The summed E-state index contributed by atoms with van der Waals surface area (Å²) in [6.07, 6.45) is 4.18. The lowest BCUT2D eigenvalue weighted by Crippen LogP contribution is -2.33. The van der Waals surface area contributed by atoms with Crippen molar-refractivity contribution < 1.29 is 8.42 Å². The van der Waals surface area contributed by atoms with Crippen LogP contribution in [0.15, 0.2) is 16.3 Å². The third-order valence-corrected chi connectivity index (χ3v) is 5.86. The second-order valence-electron chi connectivity index (χ2n) is 4.59. The first-order valence-corrected chi connectivity index (χ1v) is 8.79. The van der Waals surface area contributed by atoms with Crippen LogP contribution >= 0.6 is 11.3 Å². The molecule has 0 unspecified atom stereocenters. The minimum absolute atomic E-state index is 0.127. The van der Waals surface area contributed by atoms with Crippen molar-refractivity contribution >= 4 is 21.4 Å². The summed E-state index contributed by atoms with van der Waals surface area (Å²) < 4.78 is 27.4. The Morgan fingerprint density at radius 3 is 2.78 bits per heavy atom. The molecule has 0 radical (unpaired) electrons. The van der Waals surface area contributed by atoms with E-state index in [9.17, 15) is 8.42 Å². The highest BCUT2D eigenvalue weighted by atomic mass is 32.2. The van der Waals surface area contributed by atoms with Gasteiger partial charge in [-0.25, -0.2) is 13.1 Å². The van der Waals surface area contributed by atoms with E-state index in [2.05, 4.69) is 10.0 Å². The number of thiophene rings is 1. The zero-order valence-electron chi connectivity index (χ0n) is 10.6. The molecule has 1 aliphatic rings. The van der Waals surface area contributed by atoms with E-state index in [1.807, 2.05) is 12.3 Å². The fourth-order valence-corrected chi connectivity index (χ4v) is 4.98. The normalized spacial score (nSPS) is 17.4. The van der Waals surface area contributed by atoms with Gasteiger partial charge in [0, 0.05) is 17.5 Å². The zero-order valence-corrected chi connectivity index (χ0v) is 12.2. The SMILES string of the molecule is CCNCc1sccc1S(=O)(=O)NC1CCCC1. The first-order chi connectivity index (χ1) is 8.63. The Kier molecular flexibility index (Phi) is 4.77. The van der Waals surface area contributed by atoms with Crippen LogP contribution in [-0.2, 0) is 16.6 Å². The summed E-state index contributed by atoms with van der Waals surface area (Å²) in [4.78, 5) is 1.34. The molecule has 6 heteroatoms. The lowest BCUT2D eigenvalue weighted by molar-refractivity contribution is 0.551. The second kappa shape index (κ2) is 6.14. The summed E-state index contributed by atoms with van der Waals surface area (Å²) in [5.74, 6) is 0. The van der Waals surface area contributed by atoms with Crippen molar-refractivity contribution in [1.82, 2.24) is 10.0 Å². The minimum Gasteiger partial charge on any atom is -0.312 e. The van der Waals surface area contributed by atoms with Crippen LogP contribution in [0.2, 0.25) is 0 Å². The molecule has 0 aliphatic heterocycles. The van der Waals surface area contributed by atoms with Gasteiger partial charge in [0.15, 0.2) is 0 Å². The highest BCUT2D eigenvalue weighted by Crippen LogP contribution is 2.24. The van der Waals surface area contributed by atoms with E-state index in [1.54, 1.807) is 6.07 Å². The maximum atomic E-state index is 12.3. The van der Waals surface area contributed by atoms with Crippen molar-refractivity contribution in [2.24, 2.45) is 0 Å². The van der Waals surface area contributed by atoms with Crippen molar-refractivity contribution in [2.45, 2.75) is 50.1 Å². The molecule has 1 fully saturated rings. The average Bonchev–Trinajstić information content (AvgIpc) is 2.96. The molecule has 0 spiro atoms. The largest absolute Gasteiger partial charge is 0.312 e. The van der Waals surface area contributed by atoms with Crippen LogP contribution in [0.5, 0.6) is 0 Å². The first-order valence-electron chi connectivity index (χ1n) is 6.43.